The van der Waals surface area contributed by atoms with E-state index in [1.807, 2.05) is 13.8 Å². The first-order valence-electron chi connectivity index (χ1n) is 6.07. The van der Waals surface area contributed by atoms with Crippen LogP contribution in [-0.4, -0.2) is 63.8 Å². The molecule has 0 fully saturated rings. The average Bonchev–Trinajstić information content (AvgIpc) is 2.35. The standard InChI is InChI=1S/C12H24N2O4/c1-10(2)9-13-11(15)12(16)14(5-7-17-3)6-8-18-4/h10H,5-9H2,1-4H3,(H,13,15). The molecule has 1 N–H and O–H groups in total. The van der Waals surface area contributed by atoms with E-state index in [4.69, 9.17) is 9.47 Å². The highest BCUT2D eigenvalue weighted by molar-refractivity contribution is 6.35. The van der Waals surface area contributed by atoms with Gasteiger partial charge >= 0.3 is 11.8 Å². The van der Waals surface area contributed by atoms with Crippen LogP contribution >= 0.6 is 0 Å². The topological polar surface area (TPSA) is 67.9 Å². The van der Waals surface area contributed by atoms with Crippen molar-refractivity contribution in [3.8, 4) is 0 Å². The highest BCUT2D eigenvalue weighted by Gasteiger charge is 2.21. The molecule has 0 atom stereocenters. The van der Waals surface area contributed by atoms with Gasteiger partial charge in [0.25, 0.3) is 0 Å². The number of carbonyl (C=O) groups is 2. The first-order chi connectivity index (χ1) is 8.52. The van der Waals surface area contributed by atoms with Crippen LogP contribution in [0.15, 0.2) is 0 Å². The van der Waals surface area contributed by atoms with Crippen molar-refractivity contribution in [3.05, 3.63) is 0 Å². The van der Waals surface area contributed by atoms with Crippen LogP contribution in [0.3, 0.4) is 0 Å². The van der Waals surface area contributed by atoms with E-state index in [1.54, 1.807) is 14.2 Å². The predicted molar refractivity (Wildman–Crippen MR) is 68.2 cm³/mol. The largest absolute Gasteiger partial charge is 0.383 e. The van der Waals surface area contributed by atoms with Crippen LogP contribution in [0.5, 0.6) is 0 Å². The molecule has 0 aromatic rings. The van der Waals surface area contributed by atoms with Gasteiger partial charge in [-0.15, -0.1) is 0 Å². The Balaban J connectivity index is 4.28. The lowest BCUT2D eigenvalue weighted by molar-refractivity contribution is -0.146. The second kappa shape index (κ2) is 9.85. The zero-order valence-electron chi connectivity index (χ0n) is 11.7. The minimum atomic E-state index is -0.573. The Morgan fingerprint density at radius 3 is 2.00 bits per heavy atom. The third kappa shape index (κ3) is 7.24. The van der Waals surface area contributed by atoms with E-state index in [1.165, 1.54) is 4.90 Å². The van der Waals surface area contributed by atoms with E-state index in [0.29, 0.717) is 38.8 Å². The van der Waals surface area contributed by atoms with Crippen LogP contribution < -0.4 is 5.32 Å². The maximum absolute atomic E-state index is 11.9. The highest BCUT2D eigenvalue weighted by atomic mass is 16.5. The van der Waals surface area contributed by atoms with Gasteiger partial charge in [0.05, 0.1) is 13.2 Å². The summed E-state index contributed by atoms with van der Waals surface area (Å²) in [6.07, 6.45) is 0. The Morgan fingerprint density at radius 1 is 1.11 bits per heavy atom. The van der Waals surface area contributed by atoms with Crippen molar-refractivity contribution in [3.63, 3.8) is 0 Å². The summed E-state index contributed by atoms with van der Waals surface area (Å²) in [5, 5.41) is 2.60. The van der Waals surface area contributed by atoms with Crippen molar-refractivity contribution in [2.45, 2.75) is 13.8 Å². The van der Waals surface area contributed by atoms with E-state index in [2.05, 4.69) is 5.32 Å². The zero-order chi connectivity index (χ0) is 14.0. The van der Waals surface area contributed by atoms with Gasteiger partial charge in [0.2, 0.25) is 0 Å². The molecule has 0 aliphatic carbocycles. The van der Waals surface area contributed by atoms with E-state index in [-0.39, 0.29) is 0 Å². The fraction of sp³-hybridized carbons (Fsp3) is 0.833. The van der Waals surface area contributed by atoms with Crippen molar-refractivity contribution in [1.82, 2.24) is 10.2 Å². The van der Waals surface area contributed by atoms with Crippen LogP contribution in [0.2, 0.25) is 0 Å². The zero-order valence-corrected chi connectivity index (χ0v) is 11.7. The molecule has 2 amide bonds. The Morgan fingerprint density at radius 2 is 1.61 bits per heavy atom. The second-order valence-electron chi connectivity index (χ2n) is 4.38. The number of hydrogen-bond acceptors (Lipinski definition) is 4. The average molecular weight is 260 g/mol. The molecule has 106 valence electrons. The summed E-state index contributed by atoms with van der Waals surface area (Å²) in [5.41, 5.74) is 0. The van der Waals surface area contributed by atoms with E-state index in [0.717, 1.165) is 0 Å². The summed E-state index contributed by atoms with van der Waals surface area (Å²) in [5.74, 6) is -0.797. The molecule has 6 nitrogen and oxygen atoms in total. The van der Waals surface area contributed by atoms with Crippen LogP contribution in [-0.2, 0) is 19.1 Å². The number of ether oxygens (including phenoxy) is 2. The van der Waals surface area contributed by atoms with Gasteiger partial charge in [-0.2, -0.15) is 0 Å². The Labute approximate surface area is 109 Å². The number of rotatable bonds is 8. The van der Waals surface area contributed by atoms with Gasteiger partial charge in [0.15, 0.2) is 0 Å². The molecule has 0 saturated carbocycles. The predicted octanol–water partition coefficient (Wildman–Crippen LogP) is -0.120. The summed E-state index contributed by atoms with van der Waals surface area (Å²) in [6.45, 7) is 5.99. The molecular weight excluding hydrogens is 236 g/mol. The lowest BCUT2D eigenvalue weighted by Crippen LogP contribution is -2.46. The molecule has 0 spiro atoms. The lowest BCUT2D eigenvalue weighted by atomic mass is 10.2. The summed E-state index contributed by atoms with van der Waals surface area (Å²) in [4.78, 5) is 24.9. The Hall–Kier alpha value is -1.14. The molecule has 0 aromatic heterocycles. The Bertz CT molecular complexity index is 248. The second-order valence-corrected chi connectivity index (χ2v) is 4.38. The number of carbonyl (C=O) groups excluding carboxylic acids is 2. The molecule has 0 bridgehead atoms. The number of hydrogen-bond donors (Lipinski definition) is 1. The Kier molecular flexibility index (Phi) is 9.22. The van der Waals surface area contributed by atoms with Crippen molar-refractivity contribution >= 4 is 11.8 Å². The van der Waals surface area contributed by atoms with Gasteiger partial charge in [-0.3, -0.25) is 9.59 Å². The number of nitrogens with one attached hydrogen (secondary N) is 1. The maximum atomic E-state index is 11.9. The van der Waals surface area contributed by atoms with Crippen LogP contribution in [0.1, 0.15) is 13.8 Å². The van der Waals surface area contributed by atoms with Crippen LogP contribution in [0, 0.1) is 5.92 Å². The lowest BCUT2D eigenvalue weighted by Gasteiger charge is -2.21. The molecule has 0 heterocycles. The van der Waals surface area contributed by atoms with E-state index in [9.17, 15) is 9.59 Å². The number of amides is 2. The van der Waals surface area contributed by atoms with Gasteiger partial charge in [-0.05, 0) is 5.92 Å². The highest BCUT2D eigenvalue weighted by Crippen LogP contribution is 1.93. The van der Waals surface area contributed by atoms with Crippen molar-refractivity contribution in [2.75, 3.05) is 47.1 Å². The molecule has 0 aliphatic heterocycles. The molecule has 0 aromatic carbocycles. The first kappa shape index (κ1) is 16.9. The minimum Gasteiger partial charge on any atom is -0.383 e. The third-order valence-electron chi connectivity index (χ3n) is 2.28. The molecule has 0 saturated heterocycles. The molecule has 0 unspecified atom stereocenters. The van der Waals surface area contributed by atoms with Crippen molar-refractivity contribution in [2.24, 2.45) is 5.92 Å². The first-order valence-corrected chi connectivity index (χ1v) is 6.07. The van der Waals surface area contributed by atoms with E-state index >= 15 is 0 Å². The smallest absolute Gasteiger partial charge is 0.312 e. The molecule has 0 rings (SSSR count). The summed E-state index contributed by atoms with van der Waals surface area (Å²) in [6, 6.07) is 0. The minimum absolute atomic E-state index is 0.313. The van der Waals surface area contributed by atoms with Crippen molar-refractivity contribution < 1.29 is 19.1 Å². The van der Waals surface area contributed by atoms with Gasteiger partial charge in [0, 0.05) is 33.9 Å². The quantitative estimate of drug-likeness (QED) is 0.618. The van der Waals surface area contributed by atoms with Crippen LogP contribution in [0.4, 0.5) is 0 Å². The summed E-state index contributed by atoms with van der Waals surface area (Å²) >= 11 is 0. The fourth-order valence-corrected chi connectivity index (χ4v) is 1.23. The van der Waals surface area contributed by atoms with Gasteiger partial charge in [-0.25, -0.2) is 0 Å². The van der Waals surface area contributed by atoms with Gasteiger partial charge in [-0.1, -0.05) is 13.8 Å². The summed E-state index contributed by atoms with van der Waals surface area (Å²) < 4.78 is 9.83. The van der Waals surface area contributed by atoms with Gasteiger partial charge < -0.3 is 19.7 Å². The third-order valence-corrected chi connectivity index (χ3v) is 2.28. The molecule has 6 heteroatoms. The monoisotopic (exact) mass is 260 g/mol. The SMILES string of the molecule is COCCN(CCOC)C(=O)C(=O)NCC(C)C. The number of nitrogens with zero attached hydrogens (tertiary/aromatic N) is 1. The molecule has 0 radical (unpaired) electrons. The molecule has 18 heavy (non-hydrogen) atoms. The number of methoxy groups -OCH3 is 2. The van der Waals surface area contributed by atoms with Crippen molar-refractivity contribution in [1.29, 1.82) is 0 Å². The normalized spacial score (nSPS) is 10.5. The maximum Gasteiger partial charge on any atom is 0.312 e. The molecular formula is C12H24N2O4. The van der Waals surface area contributed by atoms with Crippen LogP contribution in [0.25, 0.3) is 0 Å². The van der Waals surface area contributed by atoms with Gasteiger partial charge in [0.1, 0.15) is 0 Å². The fourth-order valence-electron chi connectivity index (χ4n) is 1.23. The summed E-state index contributed by atoms with van der Waals surface area (Å²) in [7, 11) is 3.11. The van der Waals surface area contributed by atoms with E-state index < -0.39 is 11.8 Å². The molecule has 0 aliphatic rings.